The maximum Gasteiger partial charge on any atom is 0.0163 e. The highest BCUT2D eigenvalue weighted by molar-refractivity contribution is 5.32. The van der Waals surface area contributed by atoms with Crippen LogP contribution in [-0.4, -0.2) is 13.1 Å². The first-order valence-corrected chi connectivity index (χ1v) is 7.83. The zero-order chi connectivity index (χ0) is 13.9. The van der Waals surface area contributed by atoms with Crippen LogP contribution in [0.4, 0.5) is 0 Å². The average molecular weight is 259 g/mol. The Bertz CT molecular complexity index is 385. The Morgan fingerprint density at radius 3 is 2.16 bits per heavy atom. The summed E-state index contributed by atoms with van der Waals surface area (Å²) in [5, 5.41) is 3.63. The normalized spacial score (nSPS) is 19.8. The van der Waals surface area contributed by atoms with E-state index in [4.69, 9.17) is 0 Å². The average Bonchev–Trinajstić information content (AvgIpc) is 2.87. The lowest BCUT2D eigenvalue weighted by atomic mass is 9.70. The first-order valence-electron chi connectivity index (χ1n) is 7.83. The van der Waals surface area contributed by atoms with Crippen LogP contribution in [0.5, 0.6) is 0 Å². The molecule has 2 rings (SSSR count). The summed E-state index contributed by atoms with van der Waals surface area (Å²) >= 11 is 0. The van der Waals surface area contributed by atoms with Crippen molar-refractivity contribution in [3.8, 4) is 0 Å². The van der Waals surface area contributed by atoms with E-state index in [0.29, 0.717) is 11.5 Å². The van der Waals surface area contributed by atoms with Crippen LogP contribution in [0.15, 0.2) is 24.3 Å². The van der Waals surface area contributed by atoms with Crippen LogP contribution in [0.1, 0.15) is 57.1 Å². The van der Waals surface area contributed by atoms with E-state index in [1.165, 1.54) is 37.7 Å². The molecule has 0 saturated heterocycles. The first kappa shape index (κ1) is 14.6. The van der Waals surface area contributed by atoms with Crippen molar-refractivity contribution < 1.29 is 0 Å². The predicted molar refractivity (Wildman–Crippen MR) is 83.6 cm³/mol. The molecule has 0 aromatic heterocycles. The second-order valence-electron chi connectivity index (χ2n) is 6.70. The molecule has 0 spiro atoms. The highest BCUT2D eigenvalue weighted by Gasteiger charge is 2.41. The van der Waals surface area contributed by atoms with Crippen LogP contribution < -0.4 is 5.32 Å². The predicted octanol–water partition coefficient (Wildman–Crippen LogP) is 4.44. The molecule has 1 fully saturated rings. The zero-order valence-electron chi connectivity index (χ0n) is 13.0. The van der Waals surface area contributed by atoms with Crippen LogP contribution in [0.2, 0.25) is 0 Å². The molecule has 1 nitrogen and oxygen atoms in total. The maximum atomic E-state index is 3.63. The molecule has 0 radical (unpaired) electrons. The second-order valence-corrected chi connectivity index (χ2v) is 6.70. The molecule has 1 aromatic rings. The van der Waals surface area contributed by atoms with Gasteiger partial charge in [-0.25, -0.2) is 0 Å². The minimum absolute atomic E-state index is 0.368. The molecule has 1 heteroatoms. The van der Waals surface area contributed by atoms with Crippen LogP contribution in [-0.2, 0) is 5.41 Å². The quantitative estimate of drug-likeness (QED) is 0.824. The topological polar surface area (TPSA) is 12.0 Å². The number of rotatable bonds is 5. The van der Waals surface area contributed by atoms with Crippen molar-refractivity contribution >= 4 is 0 Å². The van der Waals surface area contributed by atoms with Crippen LogP contribution in [0, 0.1) is 12.8 Å². The van der Waals surface area contributed by atoms with Gasteiger partial charge in [0.25, 0.3) is 0 Å². The number of aryl methyl sites for hydroxylation is 1. The monoisotopic (exact) mass is 259 g/mol. The Hall–Kier alpha value is -0.820. The summed E-state index contributed by atoms with van der Waals surface area (Å²) in [7, 11) is 2.14. The standard InChI is InChI=1S/C18H29N/c1-14(2)13-17(19-4)18(11-5-6-12-18)16-9-7-15(3)8-10-16/h7-10,14,17,19H,5-6,11-13H2,1-4H3. The summed E-state index contributed by atoms with van der Waals surface area (Å²) in [4.78, 5) is 0. The van der Waals surface area contributed by atoms with Crippen molar-refractivity contribution in [3.05, 3.63) is 35.4 Å². The molecular formula is C18H29N. The van der Waals surface area contributed by atoms with E-state index >= 15 is 0 Å². The van der Waals surface area contributed by atoms with Crippen LogP contribution in [0.25, 0.3) is 0 Å². The van der Waals surface area contributed by atoms with Crippen molar-refractivity contribution in [1.82, 2.24) is 5.32 Å². The molecule has 106 valence electrons. The number of hydrogen-bond acceptors (Lipinski definition) is 1. The van der Waals surface area contributed by atoms with Gasteiger partial charge < -0.3 is 5.32 Å². The van der Waals surface area contributed by atoms with Gasteiger partial charge in [0.1, 0.15) is 0 Å². The number of nitrogens with one attached hydrogen (secondary N) is 1. The van der Waals surface area contributed by atoms with E-state index in [9.17, 15) is 0 Å². The largest absolute Gasteiger partial charge is 0.316 e. The molecule has 1 aromatic carbocycles. The third kappa shape index (κ3) is 3.02. The fourth-order valence-electron chi connectivity index (χ4n) is 3.82. The maximum absolute atomic E-state index is 3.63. The molecule has 0 heterocycles. The molecular weight excluding hydrogens is 230 g/mol. The number of benzene rings is 1. The van der Waals surface area contributed by atoms with Crippen molar-refractivity contribution in [2.45, 2.75) is 64.3 Å². The van der Waals surface area contributed by atoms with Gasteiger partial charge in [-0.05, 0) is 44.7 Å². The first-order chi connectivity index (χ1) is 9.08. The minimum Gasteiger partial charge on any atom is -0.316 e. The van der Waals surface area contributed by atoms with Gasteiger partial charge in [-0.1, -0.05) is 56.5 Å². The highest BCUT2D eigenvalue weighted by Crippen LogP contribution is 2.45. The molecule has 19 heavy (non-hydrogen) atoms. The Balaban J connectivity index is 2.33. The fraction of sp³-hybridized carbons (Fsp3) is 0.667. The number of hydrogen-bond donors (Lipinski definition) is 1. The molecule has 0 aliphatic heterocycles. The molecule has 1 aliphatic carbocycles. The van der Waals surface area contributed by atoms with E-state index in [1.54, 1.807) is 5.56 Å². The molecule has 1 saturated carbocycles. The van der Waals surface area contributed by atoms with E-state index in [2.05, 4.69) is 57.4 Å². The Morgan fingerprint density at radius 1 is 1.11 bits per heavy atom. The van der Waals surface area contributed by atoms with E-state index in [-0.39, 0.29) is 0 Å². The third-order valence-corrected chi connectivity index (χ3v) is 4.84. The van der Waals surface area contributed by atoms with Gasteiger partial charge in [-0.15, -0.1) is 0 Å². The lowest BCUT2D eigenvalue weighted by Crippen LogP contribution is -2.46. The Kier molecular flexibility index (Phi) is 4.67. The van der Waals surface area contributed by atoms with Crippen LogP contribution in [0.3, 0.4) is 0 Å². The molecule has 0 bridgehead atoms. The van der Waals surface area contributed by atoms with Crippen molar-refractivity contribution in [2.24, 2.45) is 5.92 Å². The van der Waals surface area contributed by atoms with Gasteiger partial charge in [0.15, 0.2) is 0 Å². The molecule has 1 aliphatic rings. The Labute approximate surface area is 118 Å². The SMILES string of the molecule is CNC(CC(C)C)C1(c2ccc(C)cc2)CCCC1. The van der Waals surface area contributed by atoms with Gasteiger partial charge in [0.05, 0.1) is 0 Å². The second kappa shape index (κ2) is 6.09. The fourth-order valence-corrected chi connectivity index (χ4v) is 3.82. The summed E-state index contributed by atoms with van der Waals surface area (Å²) in [5.74, 6) is 0.750. The summed E-state index contributed by atoms with van der Waals surface area (Å²) in [6.45, 7) is 6.85. The molecule has 1 atom stereocenters. The number of likely N-dealkylation sites (N-methyl/N-ethyl adjacent to an activating group) is 1. The summed E-state index contributed by atoms with van der Waals surface area (Å²) in [6.07, 6.45) is 6.71. The smallest absolute Gasteiger partial charge is 0.0163 e. The lowest BCUT2D eigenvalue weighted by molar-refractivity contribution is 0.271. The van der Waals surface area contributed by atoms with Gasteiger partial charge in [-0.2, -0.15) is 0 Å². The van der Waals surface area contributed by atoms with Crippen molar-refractivity contribution in [1.29, 1.82) is 0 Å². The van der Waals surface area contributed by atoms with E-state index < -0.39 is 0 Å². The van der Waals surface area contributed by atoms with E-state index in [1.807, 2.05) is 0 Å². The summed E-state index contributed by atoms with van der Waals surface area (Å²) < 4.78 is 0. The van der Waals surface area contributed by atoms with Gasteiger partial charge >= 0.3 is 0 Å². The van der Waals surface area contributed by atoms with Gasteiger partial charge in [-0.3, -0.25) is 0 Å². The lowest BCUT2D eigenvalue weighted by Gasteiger charge is -2.39. The van der Waals surface area contributed by atoms with Gasteiger partial charge in [0, 0.05) is 11.5 Å². The van der Waals surface area contributed by atoms with Crippen molar-refractivity contribution in [2.75, 3.05) is 7.05 Å². The van der Waals surface area contributed by atoms with Gasteiger partial charge in [0.2, 0.25) is 0 Å². The summed E-state index contributed by atoms with van der Waals surface area (Å²) in [5.41, 5.74) is 3.28. The summed E-state index contributed by atoms with van der Waals surface area (Å²) in [6, 6.07) is 9.89. The Morgan fingerprint density at radius 2 is 1.68 bits per heavy atom. The molecule has 0 amide bonds. The minimum atomic E-state index is 0.368. The van der Waals surface area contributed by atoms with E-state index in [0.717, 1.165) is 5.92 Å². The molecule has 1 N–H and O–H groups in total. The van der Waals surface area contributed by atoms with Crippen molar-refractivity contribution in [3.63, 3.8) is 0 Å². The third-order valence-electron chi connectivity index (χ3n) is 4.84. The van der Waals surface area contributed by atoms with Crippen LogP contribution >= 0.6 is 0 Å². The highest BCUT2D eigenvalue weighted by atomic mass is 14.9. The molecule has 1 unspecified atom stereocenters. The zero-order valence-corrected chi connectivity index (χ0v) is 13.0.